The first-order chi connectivity index (χ1) is 29.8. The number of hydrogen-bond donors (Lipinski definition) is 0. The monoisotopic (exact) mass is 801 g/mol. The van der Waals surface area contributed by atoms with Crippen molar-refractivity contribution < 1.29 is 0 Å². The second kappa shape index (κ2) is 35.5. The highest BCUT2D eigenvalue weighted by molar-refractivity contribution is 5.80. The SMILES string of the molecule is CC.CC.CC.CC.CC.CC.CCC.c1ccc(C2c3ccccc3-c3ccccc32)cc1.c1ccc(Cc2ccccc2)cc1.c1ccc2c(c1)Cc1ccccc1-2. The van der Waals surface area contributed by atoms with Gasteiger partial charge in [0, 0.05) is 5.92 Å². The first kappa shape index (κ1) is 54.5. The quantitative estimate of drug-likeness (QED) is 0.167. The van der Waals surface area contributed by atoms with Crippen LogP contribution in [0.1, 0.15) is 148 Å². The molecule has 0 heteroatoms. The molecule has 0 aromatic heterocycles. The largest absolute Gasteiger partial charge is 0.0683 e. The lowest BCUT2D eigenvalue weighted by atomic mass is 9.89. The maximum Gasteiger partial charge on any atom is 0.0352 e. The molecule has 0 spiro atoms. The molecule has 0 N–H and O–H groups in total. The van der Waals surface area contributed by atoms with Gasteiger partial charge >= 0.3 is 0 Å². The van der Waals surface area contributed by atoms with Gasteiger partial charge in [-0.05, 0) is 74.0 Å². The van der Waals surface area contributed by atoms with Gasteiger partial charge in [0.25, 0.3) is 0 Å². The molecule has 0 nitrogen and oxygen atoms in total. The Balaban J connectivity index is 0.000000762. The Morgan fingerprint density at radius 2 is 0.583 bits per heavy atom. The highest BCUT2D eigenvalue weighted by Crippen LogP contribution is 2.47. The molecular weight excluding hydrogens is 721 g/mol. The van der Waals surface area contributed by atoms with E-state index in [1.165, 1.54) is 67.6 Å². The molecule has 0 bridgehead atoms. The van der Waals surface area contributed by atoms with E-state index in [4.69, 9.17) is 0 Å². The van der Waals surface area contributed by atoms with Crippen molar-refractivity contribution in [2.24, 2.45) is 0 Å². The predicted octanol–water partition coefficient (Wildman–Crippen LogP) is 19.0. The molecule has 0 unspecified atom stereocenters. The molecule has 2 aliphatic carbocycles. The number of hydrogen-bond acceptors (Lipinski definition) is 0. The lowest BCUT2D eigenvalue weighted by molar-refractivity contribution is 1.02. The Morgan fingerprint density at radius 3 is 0.933 bits per heavy atom. The smallest absolute Gasteiger partial charge is 0.0352 e. The highest BCUT2D eigenvalue weighted by atomic mass is 14.3. The van der Waals surface area contributed by atoms with Crippen LogP contribution in [0.2, 0.25) is 0 Å². The summed E-state index contributed by atoms with van der Waals surface area (Å²) in [7, 11) is 0. The first-order valence-corrected chi connectivity index (χ1v) is 23.2. The van der Waals surface area contributed by atoms with Gasteiger partial charge in [-0.2, -0.15) is 0 Å². The van der Waals surface area contributed by atoms with E-state index in [0.717, 1.165) is 12.8 Å². The molecule has 60 heavy (non-hydrogen) atoms. The fourth-order valence-electron chi connectivity index (χ4n) is 6.67. The highest BCUT2D eigenvalue weighted by Gasteiger charge is 2.28. The normalized spacial score (nSPS) is 9.83. The molecule has 0 saturated heterocycles. The molecule has 0 fully saturated rings. The number of rotatable bonds is 3. The zero-order valence-corrected chi connectivity index (χ0v) is 40.1. The van der Waals surface area contributed by atoms with Crippen molar-refractivity contribution in [3.63, 3.8) is 0 Å². The van der Waals surface area contributed by atoms with Crippen LogP contribution in [0.5, 0.6) is 0 Å². The third kappa shape index (κ3) is 17.0. The fraction of sp³-hybridized carbons (Fsp3) is 0.300. The van der Waals surface area contributed by atoms with Crippen LogP contribution in [0.3, 0.4) is 0 Å². The van der Waals surface area contributed by atoms with E-state index in [9.17, 15) is 0 Å². The molecule has 9 rings (SSSR count). The van der Waals surface area contributed by atoms with Crippen LogP contribution in [-0.4, -0.2) is 0 Å². The van der Waals surface area contributed by atoms with Gasteiger partial charge in [-0.15, -0.1) is 0 Å². The van der Waals surface area contributed by atoms with Crippen LogP contribution in [0.15, 0.2) is 188 Å². The summed E-state index contributed by atoms with van der Waals surface area (Å²) < 4.78 is 0. The van der Waals surface area contributed by atoms with Gasteiger partial charge in [-0.25, -0.2) is 0 Å². The minimum Gasteiger partial charge on any atom is -0.0683 e. The van der Waals surface area contributed by atoms with Gasteiger partial charge < -0.3 is 0 Å². The van der Waals surface area contributed by atoms with Gasteiger partial charge in [0.05, 0.1) is 0 Å². The van der Waals surface area contributed by atoms with Crippen molar-refractivity contribution in [1.29, 1.82) is 0 Å². The van der Waals surface area contributed by atoms with Gasteiger partial charge in [0.2, 0.25) is 0 Å². The Kier molecular flexibility index (Phi) is 32.3. The lowest BCUT2D eigenvalue weighted by Crippen LogP contribution is -1.98. The van der Waals surface area contributed by atoms with E-state index in [1.807, 2.05) is 83.1 Å². The van der Waals surface area contributed by atoms with Crippen molar-refractivity contribution in [3.05, 3.63) is 227 Å². The molecule has 0 saturated carbocycles. The van der Waals surface area contributed by atoms with Gasteiger partial charge in [0.1, 0.15) is 0 Å². The van der Waals surface area contributed by atoms with Gasteiger partial charge in [-0.3, -0.25) is 0 Å². The van der Waals surface area contributed by atoms with Crippen LogP contribution in [-0.2, 0) is 12.8 Å². The topological polar surface area (TPSA) is 0 Å². The average molecular weight is 801 g/mol. The van der Waals surface area contributed by atoms with Crippen molar-refractivity contribution in [2.45, 2.75) is 122 Å². The van der Waals surface area contributed by atoms with Crippen molar-refractivity contribution >= 4 is 0 Å². The zero-order valence-electron chi connectivity index (χ0n) is 40.1. The Morgan fingerprint density at radius 1 is 0.317 bits per heavy atom. The predicted molar refractivity (Wildman–Crippen MR) is 274 cm³/mol. The molecule has 0 amide bonds. The van der Waals surface area contributed by atoms with Crippen molar-refractivity contribution in [1.82, 2.24) is 0 Å². The van der Waals surface area contributed by atoms with Gasteiger partial charge in [-0.1, -0.05) is 291 Å². The van der Waals surface area contributed by atoms with E-state index in [1.54, 1.807) is 0 Å². The summed E-state index contributed by atoms with van der Waals surface area (Å²) in [5.41, 5.74) is 15.5. The van der Waals surface area contributed by atoms with E-state index >= 15 is 0 Å². The zero-order chi connectivity index (χ0) is 45.0. The Labute approximate surface area is 369 Å². The molecular formula is C60H80. The van der Waals surface area contributed by atoms with E-state index in [-0.39, 0.29) is 0 Å². The summed E-state index contributed by atoms with van der Waals surface area (Å²) in [6.07, 6.45) is 3.38. The molecule has 2 aliphatic rings. The minimum absolute atomic E-state index is 0.383. The third-order valence-electron chi connectivity index (χ3n) is 8.77. The van der Waals surface area contributed by atoms with Crippen LogP contribution in [0.25, 0.3) is 22.3 Å². The summed E-state index contributed by atoms with van der Waals surface area (Å²) in [6.45, 7) is 28.2. The first-order valence-electron chi connectivity index (χ1n) is 23.2. The maximum atomic E-state index is 2.26. The van der Waals surface area contributed by atoms with Crippen LogP contribution in [0.4, 0.5) is 0 Å². The summed E-state index contributed by atoms with van der Waals surface area (Å²) in [5, 5.41) is 0. The Bertz CT molecular complexity index is 1880. The van der Waals surface area contributed by atoms with E-state index < -0.39 is 0 Å². The molecule has 0 heterocycles. The van der Waals surface area contributed by atoms with E-state index in [2.05, 4.69) is 202 Å². The second-order valence-corrected chi connectivity index (χ2v) is 12.4. The number of fused-ring (bicyclic) bond motifs is 6. The molecule has 0 atom stereocenters. The van der Waals surface area contributed by atoms with Crippen LogP contribution in [0, 0.1) is 0 Å². The van der Waals surface area contributed by atoms with Crippen LogP contribution >= 0.6 is 0 Å². The lowest BCUT2D eigenvalue weighted by Gasteiger charge is -2.13. The molecule has 0 aliphatic heterocycles. The maximum absolute atomic E-state index is 2.26. The summed E-state index contributed by atoms with van der Waals surface area (Å²) in [4.78, 5) is 0. The summed E-state index contributed by atoms with van der Waals surface area (Å²) in [6, 6.07) is 66.7. The molecule has 320 valence electrons. The van der Waals surface area contributed by atoms with Crippen LogP contribution < -0.4 is 0 Å². The molecule has 7 aromatic rings. The molecule has 7 aromatic carbocycles. The summed E-state index contributed by atoms with van der Waals surface area (Å²) in [5.74, 6) is 0.383. The van der Waals surface area contributed by atoms with Gasteiger partial charge in [0.15, 0.2) is 0 Å². The average Bonchev–Trinajstić information content (AvgIpc) is 3.91. The Hall–Kier alpha value is -5.46. The summed E-state index contributed by atoms with van der Waals surface area (Å²) >= 11 is 0. The van der Waals surface area contributed by atoms with Crippen molar-refractivity contribution in [3.8, 4) is 22.3 Å². The number of benzene rings is 7. The fourth-order valence-corrected chi connectivity index (χ4v) is 6.67. The van der Waals surface area contributed by atoms with Crippen molar-refractivity contribution in [2.75, 3.05) is 0 Å². The minimum atomic E-state index is 0.383. The molecule has 0 radical (unpaired) electrons. The van der Waals surface area contributed by atoms with E-state index in [0.29, 0.717) is 5.92 Å². The second-order valence-electron chi connectivity index (χ2n) is 12.4. The standard InChI is InChI=1S/C19H14.C13H10.C13H12.C3H8.6C2H6/c1-2-8-14(9-3-1)19-17-12-6-4-10-15(17)16-11-5-7-13-18(16)19;1-3-7-12-10(5-1)9-11-6-2-4-8-13(11)12;1-3-7-12(8-4-1)11-13-9-5-2-6-10-13;1-3-2;6*1-2/h1-13,19H;1-8H,9H2;1-10H,11H2;3H2,1-2H3;6*1-2H3. The third-order valence-corrected chi connectivity index (χ3v) is 8.77.